The molecule has 0 N–H and O–H groups in total. The van der Waals surface area contributed by atoms with Crippen LogP contribution in [0.15, 0.2) is 30.5 Å². The van der Waals surface area contributed by atoms with Gasteiger partial charge in [-0.25, -0.2) is 0 Å². The van der Waals surface area contributed by atoms with Crippen LogP contribution >= 0.6 is 0 Å². The van der Waals surface area contributed by atoms with E-state index in [1.54, 1.807) is 0 Å². The molecule has 1 aromatic rings. The fourth-order valence-electron chi connectivity index (χ4n) is 3.13. The molecular formula is C18H25AcN2O-. The zero-order valence-electron chi connectivity index (χ0n) is 13.6. The number of hydrogen-bond acceptors (Lipinski definition) is 2. The standard InChI is InChI=1S/C18H25N2O.Ac/c1-14(2)20-10-7-16-3-4-18(11-17(16)12-20)21-13-15-5-8-19-9-6-15;/h3-4,11,15H,1,5-10,12-13H2,2H3;/q-1;. The van der Waals surface area contributed by atoms with Crippen molar-refractivity contribution in [2.24, 2.45) is 5.92 Å². The number of hydrogen-bond donors (Lipinski definition) is 0. The Labute approximate surface area is 170 Å². The van der Waals surface area contributed by atoms with Gasteiger partial charge in [0, 0.05) is 62.8 Å². The largest absolute Gasteiger partial charge is 0.662 e. The van der Waals surface area contributed by atoms with Crippen molar-refractivity contribution in [3.63, 3.8) is 0 Å². The zero-order chi connectivity index (χ0) is 14.7. The summed E-state index contributed by atoms with van der Waals surface area (Å²) in [6.07, 6.45) is 3.45. The van der Waals surface area contributed by atoms with Gasteiger partial charge in [-0.05, 0) is 42.5 Å². The Bertz CT molecular complexity index is 512. The topological polar surface area (TPSA) is 26.6 Å². The number of rotatable bonds is 4. The summed E-state index contributed by atoms with van der Waals surface area (Å²) in [7, 11) is 0. The van der Waals surface area contributed by atoms with Crippen molar-refractivity contribution in [2.45, 2.75) is 32.7 Å². The van der Waals surface area contributed by atoms with Gasteiger partial charge in [-0.1, -0.05) is 25.5 Å². The maximum absolute atomic E-state index is 6.02. The maximum atomic E-state index is 6.02. The van der Waals surface area contributed by atoms with E-state index in [0.29, 0.717) is 5.92 Å². The van der Waals surface area contributed by atoms with Gasteiger partial charge in [0.15, 0.2) is 0 Å². The first-order valence-electron chi connectivity index (χ1n) is 8.00. The average molecular weight is 512 g/mol. The molecule has 0 atom stereocenters. The molecule has 0 bridgehead atoms. The van der Waals surface area contributed by atoms with Crippen LogP contribution in [0.5, 0.6) is 5.75 Å². The van der Waals surface area contributed by atoms with E-state index in [0.717, 1.165) is 50.7 Å². The van der Waals surface area contributed by atoms with Gasteiger partial charge < -0.3 is 15.0 Å². The van der Waals surface area contributed by atoms with Gasteiger partial charge in [-0.2, -0.15) is 0 Å². The van der Waals surface area contributed by atoms with Crippen LogP contribution < -0.4 is 4.74 Å². The normalized spacial score (nSPS) is 18.3. The number of benzene rings is 1. The molecule has 1 saturated heterocycles. The second-order valence-corrected chi connectivity index (χ2v) is 6.26. The van der Waals surface area contributed by atoms with Crippen molar-refractivity contribution in [3.8, 4) is 5.75 Å². The van der Waals surface area contributed by atoms with Crippen LogP contribution in [0.2, 0.25) is 0 Å². The minimum Gasteiger partial charge on any atom is -0.662 e. The summed E-state index contributed by atoms with van der Waals surface area (Å²) in [4.78, 5) is 2.34. The molecule has 2 aliphatic heterocycles. The Hall–Kier alpha value is -0.0384. The van der Waals surface area contributed by atoms with E-state index in [-0.39, 0.29) is 44.1 Å². The van der Waals surface area contributed by atoms with Crippen LogP contribution in [0.25, 0.3) is 5.32 Å². The molecule has 0 amide bonds. The van der Waals surface area contributed by atoms with Crippen molar-refractivity contribution < 1.29 is 48.8 Å². The van der Waals surface area contributed by atoms with Crippen LogP contribution in [-0.2, 0) is 13.0 Å². The van der Waals surface area contributed by atoms with Crippen molar-refractivity contribution in [1.82, 2.24) is 4.90 Å². The first kappa shape index (κ1) is 18.3. The molecule has 2 heterocycles. The first-order valence-corrected chi connectivity index (χ1v) is 8.00. The van der Waals surface area contributed by atoms with Gasteiger partial charge in [0.1, 0.15) is 5.75 Å². The summed E-state index contributed by atoms with van der Waals surface area (Å²) in [5.74, 6) is 1.69. The Kier molecular flexibility index (Phi) is 7.25. The third-order valence-electron chi connectivity index (χ3n) is 4.61. The van der Waals surface area contributed by atoms with E-state index in [1.165, 1.54) is 24.0 Å². The number of ether oxygens (including phenoxy) is 1. The number of fused-ring (bicyclic) bond motifs is 1. The van der Waals surface area contributed by atoms with Crippen LogP contribution in [0, 0.1) is 50.0 Å². The molecule has 2 aliphatic rings. The zero-order valence-corrected chi connectivity index (χ0v) is 18.3. The molecule has 0 spiro atoms. The molecule has 1 radical (unpaired) electrons. The second-order valence-electron chi connectivity index (χ2n) is 6.26. The molecule has 1 aromatic carbocycles. The quantitative estimate of drug-likeness (QED) is 0.615. The van der Waals surface area contributed by atoms with Gasteiger partial charge in [0.05, 0.1) is 6.61 Å². The predicted octanol–water partition coefficient (Wildman–Crippen LogP) is 3.74. The Morgan fingerprint density at radius 3 is 2.82 bits per heavy atom. The van der Waals surface area contributed by atoms with Crippen LogP contribution in [-0.4, -0.2) is 31.1 Å². The van der Waals surface area contributed by atoms with E-state index < -0.39 is 0 Å². The maximum Gasteiger partial charge on any atom is 0.119 e. The molecular weight excluding hydrogens is 487 g/mol. The fraction of sp³-hybridized carbons (Fsp3) is 0.556. The van der Waals surface area contributed by atoms with E-state index >= 15 is 0 Å². The minimum absolute atomic E-state index is 0. The molecule has 4 heteroatoms. The van der Waals surface area contributed by atoms with Gasteiger partial charge in [0.25, 0.3) is 0 Å². The van der Waals surface area contributed by atoms with Crippen molar-refractivity contribution in [2.75, 3.05) is 26.2 Å². The SMILES string of the molecule is C=C(C)N1CCc2ccc(OCC3CC[N-]CC3)cc2C1.[Ac]. The summed E-state index contributed by atoms with van der Waals surface area (Å²) in [5, 5.41) is 4.40. The van der Waals surface area contributed by atoms with E-state index in [9.17, 15) is 0 Å². The Morgan fingerprint density at radius 1 is 1.32 bits per heavy atom. The molecule has 117 valence electrons. The summed E-state index contributed by atoms with van der Waals surface area (Å²) in [6, 6.07) is 6.58. The summed E-state index contributed by atoms with van der Waals surface area (Å²) in [5.41, 5.74) is 4.00. The van der Waals surface area contributed by atoms with Crippen LogP contribution in [0.3, 0.4) is 0 Å². The van der Waals surface area contributed by atoms with Crippen molar-refractivity contribution in [3.05, 3.63) is 46.9 Å². The molecule has 0 aromatic heterocycles. The summed E-state index contributed by atoms with van der Waals surface area (Å²) < 4.78 is 6.02. The molecule has 0 aliphatic carbocycles. The summed E-state index contributed by atoms with van der Waals surface area (Å²) in [6.45, 7) is 11.0. The minimum atomic E-state index is 0. The van der Waals surface area contributed by atoms with Crippen LogP contribution in [0.1, 0.15) is 30.9 Å². The Morgan fingerprint density at radius 2 is 2.09 bits per heavy atom. The van der Waals surface area contributed by atoms with E-state index in [2.05, 4.69) is 41.9 Å². The third kappa shape index (κ3) is 4.73. The summed E-state index contributed by atoms with van der Waals surface area (Å²) >= 11 is 0. The van der Waals surface area contributed by atoms with Gasteiger partial charge in [0.2, 0.25) is 0 Å². The number of piperidine rings is 1. The van der Waals surface area contributed by atoms with E-state index in [4.69, 9.17) is 4.74 Å². The predicted molar refractivity (Wildman–Crippen MR) is 86.7 cm³/mol. The fourth-order valence-corrected chi connectivity index (χ4v) is 3.13. The molecule has 1 fully saturated rings. The monoisotopic (exact) mass is 512 g/mol. The van der Waals surface area contributed by atoms with Crippen molar-refractivity contribution >= 4 is 0 Å². The molecule has 3 nitrogen and oxygen atoms in total. The number of allylic oxidation sites excluding steroid dienone is 1. The van der Waals surface area contributed by atoms with Gasteiger partial charge in [-0.15, -0.1) is 13.1 Å². The molecule has 0 unspecified atom stereocenters. The van der Waals surface area contributed by atoms with Crippen LogP contribution in [0.4, 0.5) is 0 Å². The smallest absolute Gasteiger partial charge is 0.119 e. The molecule has 0 saturated carbocycles. The average Bonchev–Trinajstić information content (AvgIpc) is 2.53. The van der Waals surface area contributed by atoms with E-state index in [1.807, 2.05) is 0 Å². The van der Waals surface area contributed by atoms with Gasteiger partial charge in [-0.3, -0.25) is 0 Å². The number of nitrogens with zero attached hydrogens (tertiary/aromatic N) is 2. The molecule has 3 rings (SSSR count). The third-order valence-corrected chi connectivity index (χ3v) is 4.61. The Balaban J connectivity index is 0.00000176. The van der Waals surface area contributed by atoms with Crippen molar-refractivity contribution in [1.29, 1.82) is 0 Å². The first-order chi connectivity index (χ1) is 10.2. The molecule has 22 heavy (non-hydrogen) atoms. The second kappa shape index (κ2) is 8.71. The van der Waals surface area contributed by atoms with Gasteiger partial charge >= 0.3 is 0 Å².